The molecule has 1 spiro atoms. The minimum atomic E-state index is -1.15. The summed E-state index contributed by atoms with van der Waals surface area (Å²) in [5.74, 6) is -0.0257. The van der Waals surface area contributed by atoms with Gasteiger partial charge >= 0.3 is 0 Å². The molecular formula is C25H24N2O7. The second kappa shape index (κ2) is 6.27. The summed E-state index contributed by atoms with van der Waals surface area (Å²) in [6.45, 7) is 0.0294. The van der Waals surface area contributed by atoms with Crippen molar-refractivity contribution in [1.29, 1.82) is 0 Å². The molecule has 9 heteroatoms. The predicted octanol–water partition coefficient (Wildman–Crippen LogP) is 0.258. The summed E-state index contributed by atoms with van der Waals surface area (Å²) >= 11 is 0. The van der Waals surface area contributed by atoms with Gasteiger partial charge in [-0.25, -0.2) is 0 Å². The fourth-order valence-corrected chi connectivity index (χ4v) is 7.94. The minimum Gasteiger partial charge on any atom is -0.493 e. The van der Waals surface area contributed by atoms with E-state index in [-0.39, 0.29) is 49.1 Å². The molecule has 6 aliphatic rings. The third-order valence-electron chi connectivity index (χ3n) is 9.17. The van der Waals surface area contributed by atoms with Crippen LogP contribution in [0.3, 0.4) is 0 Å². The molecule has 3 aliphatic heterocycles. The Morgan fingerprint density at radius 2 is 1.97 bits per heavy atom. The van der Waals surface area contributed by atoms with Crippen molar-refractivity contribution in [3.8, 4) is 11.5 Å². The molecule has 1 aromatic carbocycles. The number of rotatable bonds is 4. The number of Topliss-reactive ketones (excluding diaryl/α,β-unsaturated/α-hetero) is 1. The van der Waals surface area contributed by atoms with Crippen LogP contribution in [0.2, 0.25) is 0 Å². The van der Waals surface area contributed by atoms with Crippen LogP contribution in [0.5, 0.6) is 11.5 Å². The van der Waals surface area contributed by atoms with E-state index in [1.165, 1.54) is 12.2 Å². The van der Waals surface area contributed by atoms with Crippen LogP contribution in [0.4, 0.5) is 0 Å². The molecule has 7 rings (SSSR count). The third kappa shape index (κ3) is 2.07. The number of hydrogen-bond donors (Lipinski definition) is 1. The Labute approximate surface area is 195 Å². The largest absolute Gasteiger partial charge is 0.493 e. The summed E-state index contributed by atoms with van der Waals surface area (Å²) in [5.41, 5.74) is -0.186. The number of ketones is 1. The molecule has 34 heavy (non-hydrogen) atoms. The van der Waals surface area contributed by atoms with Crippen LogP contribution in [0.15, 0.2) is 24.3 Å². The summed E-state index contributed by atoms with van der Waals surface area (Å²) < 4.78 is 11.8. The number of likely N-dealkylation sites (tertiary alicyclic amines) is 1. The van der Waals surface area contributed by atoms with Gasteiger partial charge in [0.2, 0.25) is 5.91 Å². The van der Waals surface area contributed by atoms with Crippen LogP contribution >= 0.6 is 0 Å². The number of aliphatic hydroxyl groups is 1. The Bertz CT molecular complexity index is 1220. The maximum atomic E-state index is 13.4. The fraction of sp³-hybridized carbons (Fsp3) is 0.520. The van der Waals surface area contributed by atoms with Crippen LogP contribution in [0.1, 0.15) is 36.8 Å². The maximum absolute atomic E-state index is 13.4. The third-order valence-corrected chi connectivity index (χ3v) is 9.17. The topological polar surface area (TPSA) is 113 Å². The molecule has 2 unspecified atom stereocenters. The SMILES string of the molecule is COc1ccc2c3c1O[C@H]1C(=O)CC[C@@]4(O)C5C(C[C@]314)N(C(=O)CCN1C(=O)C=CC1=O)[C@@H]5C2. The Balaban J connectivity index is 1.28. The Kier molecular flexibility index (Phi) is 3.72. The van der Waals surface area contributed by atoms with Gasteiger partial charge < -0.3 is 19.5 Å². The number of nitrogens with zero attached hydrogens (tertiary/aromatic N) is 2. The van der Waals surface area contributed by atoms with E-state index in [0.717, 1.165) is 16.0 Å². The Morgan fingerprint density at radius 3 is 2.71 bits per heavy atom. The van der Waals surface area contributed by atoms with E-state index in [0.29, 0.717) is 30.8 Å². The van der Waals surface area contributed by atoms with E-state index < -0.39 is 28.9 Å². The van der Waals surface area contributed by atoms with Gasteiger partial charge in [-0.2, -0.15) is 0 Å². The summed E-state index contributed by atoms with van der Waals surface area (Å²) in [5, 5.41) is 12.2. The lowest BCUT2D eigenvalue weighted by atomic mass is 9.58. The number of imide groups is 1. The van der Waals surface area contributed by atoms with Crippen LogP contribution in [-0.2, 0) is 31.0 Å². The first-order valence-corrected chi connectivity index (χ1v) is 11.8. The molecule has 176 valence electrons. The van der Waals surface area contributed by atoms with Crippen molar-refractivity contribution in [2.24, 2.45) is 5.92 Å². The Hall–Kier alpha value is -3.20. The van der Waals surface area contributed by atoms with Gasteiger partial charge in [-0.1, -0.05) is 6.07 Å². The summed E-state index contributed by atoms with van der Waals surface area (Å²) in [7, 11) is 1.56. The highest BCUT2D eigenvalue weighted by atomic mass is 16.5. The number of ether oxygens (including phenoxy) is 2. The highest BCUT2D eigenvalue weighted by molar-refractivity contribution is 6.13. The zero-order chi connectivity index (χ0) is 23.6. The molecule has 0 aromatic heterocycles. The molecule has 1 N–H and O–H groups in total. The maximum Gasteiger partial charge on any atom is 0.253 e. The van der Waals surface area contributed by atoms with Crippen molar-refractivity contribution >= 4 is 23.5 Å². The van der Waals surface area contributed by atoms with Gasteiger partial charge in [-0.05, 0) is 30.9 Å². The van der Waals surface area contributed by atoms with Crippen molar-refractivity contribution in [3.63, 3.8) is 0 Å². The summed E-state index contributed by atoms with van der Waals surface area (Å²) in [6.07, 6.45) is 3.26. The van der Waals surface area contributed by atoms with E-state index in [9.17, 15) is 24.3 Å². The number of carbonyl (C=O) groups is 4. The zero-order valence-corrected chi connectivity index (χ0v) is 18.7. The highest BCUT2D eigenvalue weighted by Crippen LogP contribution is 2.71. The molecule has 0 radical (unpaired) electrons. The number of methoxy groups -OCH3 is 1. The molecule has 3 fully saturated rings. The predicted molar refractivity (Wildman–Crippen MR) is 115 cm³/mol. The van der Waals surface area contributed by atoms with E-state index in [1.54, 1.807) is 7.11 Å². The second-order valence-corrected chi connectivity index (χ2v) is 10.3. The number of amides is 3. The number of carbonyl (C=O) groups excluding carboxylic acids is 4. The minimum absolute atomic E-state index is 0.0231. The van der Waals surface area contributed by atoms with E-state index in [4.69, 9.17) is 9.47 Å². The lowest BCUT2D eigenvalue weighted by molar-refractivity contribution is -0.178. The molecule has 9 nitrogen and oxygen atoms in total. The van der Waals surface area contributed by atoms with Gasteiger partial charge in [-0.3, -0.25) is 24.1 Å². The van der Waals surface area contributed by atoms with Crippen molar-refractivity contribution in [2.75, 3.05) is 13.7 Å². The van der Waals surface area contributed by atoms with Crippen molar-refractivity contribution in [1.82, 2.24) is 9.80 Å². The van der Waals surface area contributed by atoms with Crippen molar-refractivity contribution in [2.45, 2.75) is 61.3 Å². The smallest absolute Gasteiger partial charge is 0.253 e. The van der Waals surface area contributed by atoms with Gasteiger partial charge in [0.05, 0.1) is 18.1 Å². The molecule has 2 saturated carbocycles. The molecule has 1 aromatic rings. The highest BCUT2D eigenvalue weighted by Gasteiger charge is 2.80. The van der Waals surface area contributed by atoms with Gasteiger partial charge in [-0.15, -0.1) is 0 Å². The molecular weight excluding hydrogens is 440 g/mol. The van der Waals surface area contributed by atoms with Gasteiger partial charge in [0.1, 0.15) is 0 Å². The molecule has 6 atom stereocenters. The van der Waals surface area contributed by atoms with Crippen LogP contribution in [-0.4, -0.2) is 75.9 Å². The van der Waals surface area contributed by atoms with Gasteiger partial charge in [0, 0.05) is 55.1 Å². The summed E-state index contributed by atoms with van der Waals surface area (Å²) in [6, 6.07) is 3.36. The molecule has 1 saturated heterocycles. The van der Waals surface area contributed by atoms with E-state index in [1.807, 2.05) is 17.0 Å². The first kappa shape index (κ1) is 20.2. The first-order chi connectivity index (χ1) is 16.3. The van der Waals surface area contributed by atoms with E-state index >= 15 is 0 Å². The average Bonchev–Trinajstić information content (AvgIpc) is 3.36. The lowest BCUT2D eigenvalue weighted by Crippen LogP contribution is -2.70. The quantitative estimate of drug-likeness (QED) is 0.636. The van der Waals surface area contributed by atoms with Crippen LogP contribution < -0.4 is 9.47 Å². The van der Waals surface area contributed by atoms with Crippen LogP contribution in [0.25, 0.3) is 0 Å². The molecule has 3 heterocycles. The monoisotopic (exact) mass is 464 g/mol. The molecule has 3 aliphatic carbocycles. The second-order valence-electron chi connectivity index (χ2n) is 10.3. The molecule has 2 bridgehead atoms. The summed E-state index contributed by atoms with van der Waals surface area (Å²) in [4.78, 5) is 53.1. The van der Waals surface area contributed by atoms with E-state index in [2.05, 4.69) is 0 Å². The van der Waals surface area contributed by atoms with Gasteiger partial charge in [0.15, 0.2) is 23.4 Å². The lowest BCUT2D eigenvalue weighted by Gasteiger charge is -2.56. The van der Waals surface area contributed by atoms with Crippen molar-refractivity contribution in [3.05, 3.63) is 35.4 Å². The van der Waals surface area contributed by atoms with Crippen LogP contribution in [0, 0.1) is 5.92 Å². The Morgan fingerprint density at radius 1 is 1.21 bits per heavy atom. The standard InChI is InChI=1S/C25H24N2O7/c1-33-16-3-2-12-10-13-21-14(27(13)19(31)7-9-26-17(29)4-5-18(26)30)11-24-20(12)22(16)34-23(24)15(28)6-8-25(21,24)32/h2-5,13-14,21,23,32H,6-11H2,1H3/t13-,14?,21?,23+,24+,25-/m1/s1. The zero-order valence-electron chi connectivity index (χ0n) is 18.7. The normalized spacial score (nSPS) is 38.0. The first-order valence-electron chi connectivity index (χ1n) is 11.8. The number of benzene rings is 1. The van der Waals surface area contributed by atoms with Crippen molar-refractivity contribution < 1.29 is 33.8 Å². The van der Waals surface area contributed by atoms with Gasteiger partial charge in [0.25, 0.3) is 11.8 Å². The number of hydrogen-bond acceptors (Lipinski definition) is 7. The molecule has 3 amide bonds. The fourth-order valence-electron chi connectivity index (χ4n) is 7.94. The average molecular weight is 464 g/mol.